The molecule has 0 saturated heterocycles. The maximum absolute atomic E-state index is 13.0. The fraction of sp³-hybridized carbons (Fsp3) is 0.429. The minimum Gasteiger partial charge on any atom is -0.298 e. The molecule has 0 spiro atoms. The normalized spacial score (nSPS) is 19.6. The van der Waals surface area contributed by atoms with Crippen LogP contribution in [0.15, 0.2) is 35.3 Å². The Balaban J connectivity index is 2.50. The summed E-state index contributed by atoms with van der Waals surface area (Å²) in [6.07, 6.45) is -11.7. The van der Waals surface area contributed by atoms with E-state index in [0.717, 1.165) is 17.1 Å². The molecule has 0 bridgehead atoms. The number of amidine groups is 1. The van der Waals surface area contributed by atoms with Crippen molar-refractivity contribution >= 4 is 11.9 Å². The molecule has 1 aliphatic rings. The average molecular weight is 353 g/mol. The van der Waals surface area contributed by atoms with E-state index in [1.807, 2.05) is 0 Å². The number of urea groups is 1. The number of nitrogens with one attached hydrogen (secondary N) is 1. The number of nitrogens with zero attached hydrogens (tertiary/aromatic N) is 2. The van der Waals surface area contributed by atoms with E-state index < -0.39 is 35.9 Å². The molecule has 0 fully saturated rings. The molecule has 1 unspecified atom stereocenters. The summed E-state index contributed by atoms with van der Waals surface area (Å²) in [6.45, 7) is 2.41. The van der Waals surface area contributed by atoms with Gasteiger partial charge in [-0.1, -0.05) is 30.3 Å². The lowest BCUT2D eigenvalue weighted by molar-refractivity contribution is -0.302. The number of amides is 2. The van der Waals surface area contributed by atoms with E-state index >= 15 is 0 Å². The lowest BCUT2D eigenvalue weighted by Crippen LogP contribution is -2.71. The van der Waals surface area contributed by atoms with Crippen LogP contribution in [0.2, 0.25) is 0 Å². The van der Waals surface area contributed by atoms with Gasteiger partial charge in [0.2, 0.25) is 0 Å². The van der Waals surface area contributed by atoms with Gasteiger partial charge in [0.15, 0.2) is 0 Å². The summed E-state index contributed by atoms with van der Waals surface area (Å²) in [5.74, 6) is -0.676. The first kappa shape index (κ1) is 18.1. The molecule has 0 aromatic heterocycles. The van der Waals surface area contributed by atoms with Crippen LogP contribution in [0.4, 0.5) is 31.1 Å². The summed E-state index contributed by atoms with van der Waals surface area (Å²) >= 11 is 0. The van der Waals surface area contributed by atoms with Gasteiger partial charge in [-0.15, -0.1) is 0 Å². The zero-order valence-corrected chi connectivity index (χ0v) is 12.5. The molecular formula is C14H13F6N3O. The minimum atomic E-state index is -5.83. The maximum Gasteiger partial charge on any atom is 0.441 e. The quantitative estimate of drug-likeness (QED) is 0.802. The molecule has 1 heterocycles. The molecule has 10 heteroatoms. The SMILES string of the molecule is CC1=NC(C(F)(F)F)(C(F)(F)F)NC(=O)N1C(C)c1ccccc1. The van der Waals surface area contributed by atoms with Gasteiger partial charge < -0.3 is 0 Å². The van der Waals surface area contributed by atoms with Gasteiger partial charge in [0, 0.05) is 0 Å². The Bertz CT molecular complexity index is 639. The summed E-state index contributed by atoms with van der Waals surface area (Å²) in [5.41, 5.74) is -4.11. The van der Waals surface area contributed by atoms with Gasteiger partial charge in [-0.3, -0.25) is 10.2 Å². The zero-order valence-electron chi connectivity index (χ0n) is 12.5. The summed E-state index contributed by atoms with van der Waals surface area (Å²) in [6, 6.07) is 5.83. The smallest absolute Gasteiger partial charge is 0.298 e. The van der Waals surface area contributed by atoms with Crippen LogP contribution < -0.4 is 5.32 Å². The third-order valence-electron chi connectivity index (χ3n) is 3.67. The highest BCUT2D eigenvalue weighted by Crippen LogP contribution is 2.46. The third kappa shape index (κ3) is 2.80. The second kappa shape index (κ2) is 5.67. The van der Waals surface area contributed by atoms with Crippen molar-refractivity contribution in [1.29, 1.82) is 0 Å². The van der Waals surface area contributed by atoms with Crippen molar-refractivity contribution < 1.29 is 31.1 Å². The van der Waals surface area contributed by atoms with Crippen molar-refractivity contribution in [3.05, 3.63) is 35.9 Å². The molecule has 24 heavy (non-hydrogen) atoms. The van der Waals surface area contributed by atoms with E-state index in [2.05, 4.69) is 4.99 Å². The second-order valence-electron chi connectivity index (χ2n) is 5.25. The Morgan fingerprint density at radius 1 is 1.08 bits per heavy atom. The first-order chi connectivity index (χ1) is 10.9. The third-order valence-corrected chi connectivity index (χ3v) is 3.67. The van der Waals surface area contributed by atoms with Gasteiger partial charge >= 0.3 is 24.0 Å². The lowest BCUT2D eigenvalue weighted by atomic mass is 10.1. The first-order valence-electron chi connectivity index (χ1n) is 6.77. The minimum absolute atomic E-state index is 0.536. The molecule has 1 aromatic carbocycles. The van der Waals surface area contributed by atoms with Crippen LogP contribution in [0.3, 0.4) is 0 Å². The van der Waals surface area contributed by atoms with Crippen molar-refractivity contribution in [2.75, 3.05) is 0 Å². The van der Waals surface area contributed by atoms with Crippen LogP contribution in [0.5, 0.6) is 0 Å². The molecule has 1 N–H and O–H groups in total. The highest BCUT2D eigenvalue weighted by molar-refractivity contribution is 5.99. The summed E-state index contributed by atoms with van der Waals surface area (Å²) < 4.78 is 78.2. The molecule has 1 atom stereocenters. The molecule has 2 rings (SSSR count). The number of benzene rings is 1. The fourth-order valence-electron chi connectivity index (χ4n) is 2.45. The van der Waals surface area contributed by atoms with Gasteiger partial charge in [0.05, 0.1) is 6.04 Å². The van der Waals surface area contributed by atoms with Gasteiger partial charge in [0.1, 0.15) is 5.84 Å². The van der Waals surface area contributed by atoms with Crippen LogP contribution in [0, 0.1) is 0 Å². The van der Waals surface area contributed by atoms with E-state index in [9.17, 15) is 31.1 Å². The Hall–Kier alpha value is -2.26. The average Bonchev–Trinajstić information content (AvgIpc) is 2.44. The molecule has 2 amide bonds. The number of carbonyl (C=O) groups excluding carboxylic acids is 1. The number of aliphatic imine (C=N–C) groups is 1. The largest absolute Gasteiger partial charge is 0.441 e. The predicted octanol–water partition coefficient (Wildman–Crippen LogP) is 4.01. The van der Waals surface area contributed by atoms with Crippen LogP contribution in [-0.2, 0) is 0 Å². The monoisotopic (exact) mass is 353 g/mol. The van der Waals surface area contributed by atoms with Crippen LogP contribution >= 0.6 is 0 Å². The number of hydrogen-bond acceptors (Lipinski definition) is 2. The molecule has 0 aliphatic carbocycles. The topological polar surface area (TPSA) is 44.7 Å². The lowest BCUT2D eigenvalue weighted by Gasteiger charge is -2.42. The summed E-state index contributed by atoms with van der Waals surface area (Å²) in [4.78, 5) is 15.6. The van der Waals surface area contributed by atoms with Crippen LogP contribution in [0.1, 0.15) is 25.5 Å². The van der Waals surface area contributed by atoms with Gasteiger partial charge in [-0.2, -0.15) is 26.3 Å². The number of rotatable bonds is 2. The van der Waals surface area contributed by atoms with Crippen LogP contribution in [0.25, 0.3) is 0 Å². The standard InChI is InChI=1S/C14H13F6N3O/c1-8(10-6-4-3-5-7-10)23-9(2)21-12(13(15,16)17,14(18,19)20)22-11(23)24/h3-8H,1-2H3,(H,22,24). The van der Waals surface area contributed by atoms with Gasteiger partial charge in [-0.05, 0) is 19.4 Å². The van der Waals surface area contributed by atoms with Crippen molar-refractivity contribution in [3.8, 4) is 0 Å². The van der Waals surface area contributed by atoms with E-state index in [0.29, 0.717) is 5.56 Å². The van der Waals surface area contributed by atoms with Crippen LogP contribution in [-0.4, -0.2) is 34.8 Å². The molecule has 1 aliphatic heterocycles. The van der Waals surface area contributed by atoms with E-state index in [4.69, 9.17) is 0 Å². The number of halogens is 6. The molecule has 0 saturated carbocycles. The zero-order chi connectivity index (χ0) is 18.3. The van der Waals surface area contributed by atoms with E-state index in [-0.39, 0.29) is 0 Å². The summed E-state index contributed by atoms with van der Waals surface area (Å²) in [7, 11) is 0. The molecule has 4 nitrogen and oxygen atoms in total. The molecule has 1 aromatic rings. The molecular weight excluding hydrogens is 340 g/mol. The van der Waals surface area contributed by atoms with Crippen molar-refractivity contribution in [1.82, 2.24) is 10.2 Å². The summed E-state index contributed by atoms with van der Waals surface area (Å²) in [5, 5.41) is 0.990. The van der Waals surface area contributed by atoms with E-state index in [1.54, 1.807) is 30.3 Å². The number of alkyl halides is 6. The molecule has 0 radical (unpaired) electrons. The van der Waals surface area contributed by atoms with Crippen molar-refractivity contribution in [2.45, 2.75) is 37.9 Å². The predicted molar refractivity (Wildman–Crippen MR) is 73.2 cm³/mol. The number of hydrogen-bond donors (Lipinski definition) is 1. The molecule has 132 valence electrons. The van der Waals surface area contributed by atoms with Crippen molar-refractivity contribution in [2.24, 2.45) is 4.99 Å². The second-order valence-corrected chi connectivity index (χ2v) is 5.25. The van der Waals surface area contributed by atoms with Gasteiger partial charge in [0.25, 0.3) is 0 Å². The fourth-order valence-corrected chi connectivity index (χ4v) is 2.45. The number of carbonyl (C=O) groups is 1. The Morgan fingerprint density at radius 3 is 2.00 bits per heavy atom. The van der Waals surface area contributed by atoms with Crippen molar-refractivity contribution in [3.63, 3.8) is 0 Å². The maximum atomic E-state index is 13.0. The van der Waals surface area contributed by atoms with E-state index in [1.165, 1.54) is 6.92 Å². The highest BCUT2D eigenvalue weighted by atomic mass is 19.4. The Labute approximate surface area is 133 Å². The Kier molecular flexibility index (Phi) is 4.28. The van der Waals surface area contributed by atoms with Gasteiger partial charge in [-0.25, -0.2) is 9.79 Å². The highest BCUT2D eigenvalue weighted by Gasteiger charge is 2.74. The first-order valence-corrected chi connectivity index (χ1v) is 6.77. The Morgan fingerprint density at radius 2 is 1.58 bits per heavy atom.